The summed E-state index contributed by atoms with van der Waals surface area (Å²) in [6.07, 6.45) is 2.07. The molecule has 1 amide bonds. The van der Waals surface area contributed by atoms with Crippen LogP contribution in [-0.2, 0) is 12.5 Å². The molecule has 0 saturated carbocycles. The Morgan fingerprint density at radius 1 is 1.20 bits per heavy atom. The number of piperidine rings is 1. The predicted octanol–water partition coefficient (Wildman–Crippen LogP) is 2.83. The van der Waals surface area contributed by atoms with Crippen LogP contribution in [0.4, 0.5) is 5.95 Å². The van der Waals surface area contributed by atoms with Crippen LogP contribution in [0.15, 0.2) is 24.3 Å². The van der Waals surface area contributed by atoms with Crippen molar-refractivity contribution in [2.75, 3.05) is 18.4 Å². The van der Waals surface area contributed by atoms with Gasteiger partial charge in [-0.2, -0.15) is 10.1 Å². The molecule has 0 radical (unpaired) electrons. The van der Waals surface area contributed by atoms with Crippen molar-refractivity contribution in [3.8, 4) is 0 Å². The third-order valence-electron chi connectivity index (χ3n) is 4.72. The molecule has 2 N–H and O–H groups in total. The largest absolute Gasteiger partial charge is 0.317 e. The quantitative estimate of drug-likeness (QED) is 0.900. The molecule has 1 aromatic heterocycles. The lowest BCUT2D eigenvalue weighted by molar-refractivity contribution is 0.102. The molecule has 134 valence electrons. The summed E-state index contributed by atoms with van der Waals surface area (Å²) in [4.78, 5) is 17.1. The minimum absolute atomic E-state index is 0.0718. The van der Waals surface area contributed by atoms with Crippen LogP contribution in [0.5, 0.6) is 0 Å². The first kappa shape index (κ1) is 17.6. The number of nitrogens with one attached hydrogen (secondary N) is 2. The van der Waals surface area contributed by atoms with Crippen molar-refractivity contribution >= 4 is 11.9 Å². The molecule has 6 heteroatoms. The smallest absolute Gasteiger partial charge is 0.258 e. The Labute approximate surface area is 149 Å². The van der Waals surface area contributed by atoms with Crippen LogP contribution in [0.25, 0.3) is 0 Å². The lowest BCUT2D eigenvalue weighted by atomic mass is 9.87. The third-order valence-corrected chi connectivity index (χ3v) is 4.72. The average Bonchev–Trinajstić information content (AvgIpc) is 2.96. The predicted molar refractivity (Wildman–Crippen MR) is 98.9 cm³/mol. The Morgan fingerprint density at radius 3 is 2.44 bits per heavy atom. The van der Waals surface area contributed by atoms with Gasteiger partial charge in [-0.25, -0.2) is 4.68 Å². The SMILES string of the molecule is Cn1nc(C2CCNCC2)nc1NC(=O)c1ccc(C(C)(C)C)cc1. The fraction of sp³-hybridized carbons (Fsp3) is 0.526. The molecule has 0 atom stereocenters. The van der Waals surface area contributed by atoms with Gasteiger partial charge in [-0.15, -0.1) is 0 Å². The van der Waals surface area contributed by atoms with Gasteiger partial charge in [0.05, 0.1) is 0 Å². The van der Waals surface area contributed by atoms with Crippen LogP contribution in [0.2, 0.25) is 0 Å². The fourth-order valence-electron chi connectivity index (χ4n) is 3.06. The van der Waals surface area contributed by atoms with Crippen molar-refractivity contribution in [1.29, 1.82) is 0 Å². The minimum atomic E-state index is -0.159. The molecule has 1 saturated heterocycles. The van der Waals surface area contributed by atoms with Crippen molar-refractivity contribution in [2.45, 2.75) is 44.9 Å². The van der Waals surface area contributed by atoms with Crippen molar-refractivity contribution < 1.29 is 4.79 Å². The Morgan fingerprint density at radius 2 is 1.84 bits per heavy atom. The molecule has 1 aliphatic heterocycles. The second-order valence-corrected chi connectivity index (χ2v) is 7.72. The Hall–Kier alpha value is -2.21. The number of benzene rings is 1. The van der Waals surface area contributed by atoms with E-state index in [1.165, 1.54) is 5.56 Å². The van der Waals surface area contributed by atoms with E-state index in [4.69, 9.17) is 0 Å². The maximum absolute atomic E-state index is 12.5. The number of aromatic nitrogens is 3. The lowest BCUT2D eigenvalue weighted by Crippen LogP contribution is -2.27. The molecule has 2 aromatic rings. The number of nitrogens with zero attached hydrogens (tertiary/aromatic N) is 3. The molecule has 2 heterocycles. The zero-order chi connectivity index (χ0) is 18.0. The van der Waals surface area contributed by atoms with E-state index in [1.54, 1.807) is 4.68 Å². The number of carbonyl (C=O) groups is 1. The van der Waals surface area contributed by atoms with Gasteiger partial charge < -0.3 is 5.32 Å². The summed E-state index contributed by atoms with van der Waals surface area (Å²) >= 11 is 0. The number of anilines is 1. The van der Waals surface area contributed by atoms with E-state index < -0.39 is 0 Å². The maximum Gasteiger partial charge on any atom is 0.258 e. The summed E-state index contributed by atoms with van der Waals surface area (Å²) in [5, 5.41) is 10.7. The fourth-order valence-corrected chi connectivity index (χ4v) is 3.06. The Balaban J connectivity index is 1.71. The summed E-state index contributed by atoms with van der Waals surface area (Å²) in [7, 11) is 1.82. The summed E-state index contributed by atoms with van der Waals surface area (Å²) in [6.45, 7) is 8.45. The maximum atomic E-state index is 12.5. The monoisotopic (exact) mass is 341 g/mol. The summed E-state index contributed by atoms with van der Waals surface area (Å²) < 4.78 is 1.65. The van der Waals surface area contributed by atoms with Crippen molar-refractivity contribution in [3.05, 3.63) is 41.2 Å². The van der Waals surface area contributed by atoms with Gasteiger partial charge >= 0.3 is 0 Å². The van der Waals surface area contributed by atoms with Gasteiger partial charge in [0.15, 0.2) is 5.82 Å². The Kier molecular flexibility index (Phi) is 4.90. The van der Waals surface area contributed by atoms with E-state index in [0.29, 0.717) is 17.4 Å². The highest BCUT2D eigenvalue weighted by atomic mass is 16.1. The molecule has 1 fully saturated rings. The van der Waals surface area contributed by atoms with Crippen LogP contribution < -0.4 is 10.6 Å². The molecule has 6 nitrogen and oxygen atoms in total. The van der Waals surface area contributed by atoms with Crippen LogP contribution in [0.3, 0.4) is 0 Å². The Bertz CT molecular complexity index is 736. The number of hydrogen-bond acceptors (Lipinski definition) is 4. The number of carbonyl (C=O) groups excluding carboxylic acids is 1. The number of amides is 1. The summed E-state index contributed by atoms with van der Waals surface area (Å²) in [6, 6.07) is 7.73. The molecule has 3 rings (SSSR count). The molecule has 0 aliphatic carbocycles. The first-order valence-corrected chi connectivity index (χ1v) is 8.88. The van der Waals surface area contributed by atoms with Gasteiger partial charge in [-0.3, -0.25) is 10.1 Å². The van der Waals surface area contributed by atoms with Crippen molar-refractivity contribution in [2.24, 2.45) is 7.05 Å². The first-order chi connectivity index (χ1) is 11.8. The summed E-state index contributed by atoms with van der Waals surface area (Å²) in [5.41, 5.74) is 1.90. The molecule has 0 unspecified atom stereocenters. The van der Waals surface area contributed by atoms with E-state index in [-0.39, 0.29) is 11.3 Å². The van der Waals surface area contributed by atoms with E-state index in [1.807, 2.05) is 31.3 Å². The number of aryl methyl sites for hydroxylation is 1. The number of rotatable bonds is 3. The lowest BCUT2D eigenvalue weighted by Gasteiger charge is -2.19. The second-order valence-electron chi connectivity index (χ2n) is 7.72. The van der Waals surface area contributed by atoms with Crippen molar-refractivity contribution in [1.82, 2.24) is 20.1 Å². The highest BCUT2D eigenvalue weighted by Crippen LogP contribution is 2.24. The standard InChI is InChI=1S/C19H27N5O/c1-19(2,3)15-7-5-14(6-8-15)17(25)22-18-21-16(23-24(18)4)13-9-11-20-12-10-13/h5-8,13,20H,9-12H2,1-4H3,(H,21,22,23,25). The highest BCUT2D eigenvalue weighted by Gasteiger charge is 2.21. The average molecular weight is 341 g/mol. The van der Waals surface area contributed by atoms with E-state index in [2.05, 4.69) is 41.5 Å². The first-order valence-electron chi connectivity index (χ1n) is 8.88. The topological polar surface area (TPSA) is 71.8 Å². The van der Waals surface area contributed by atoms with Crippen LogP contribution >= 0.6 is 0 Å². The minimum Gasteiger partial charge on any atom is -0.317 e. The van der Waals surface area contributed by atoms with Gasteiger partial charge in [-0.05, 0) is 49.0 Å². The van der Waals surface area contributed by atoms with Crippen LogP contribution in [0, 0.1) is 0 Å². The second kappa shape index (κ2) is 6.96. The molecular weight excluding hydrogens is 314 g/mol. The third kappa shape index (κ3) is 4.07. The van der Waals surface area contributed by atoms with E-state index in [9.17, 15) is 4.79 Å². The molecule has 1 aliphatic rings. The normalized spacial score (nSPS) is 16.0. The number of hydrogen-bond donors (Lipinski definition) is 2. The van der Waals surface area contributed by atoms with E-state index in [0.717, 1.165) is 31.8 Å². The zero-order valence-electron chi connectivity index (χ0n) is 15.5. The summed E-state index contributed by atoms with van der Waals surface area (Å²) in [5.74, 6) is 1.53. The van der Waals surface area contributed by atoms with Crippen LogP contribution in [0.1, 0.15) is 61.3 Å². The van der Waals surface area contributed by atoms with Gasteiger partial charge in [0.1, 0.15) is 0 Å². The molecule has 1 aromatic carbocycles. The van der Waals surface area contributed by atoms with Gasteiger partial charge in [-0.1, -0.05) is 32.9 Å². The molecule has 25 heavy (non-hydrogen) atoms. The molecule has 0 bridgehead atoms. The molecule has 0 spiro atoms. The van der Waals surface area contributed by atoms with Gasteiger partial charge in [0.25, 0.3) is 5.91 Å². The van der Waals surface area contributed by atoms with Gasteiger partial charge in [0.2, 0.25) is 5.95 Å². The van der Waals surface area contributed by atoms with Crippen LogP contribution in [-0.4, -0.2) is 33.8 Å². The highest BCUT2D eigenvalue weighted by molar-refractivity contribution is 6.03. The van der Waals surface area contributed by atoms with E-state index >= 15 is 0 Å². The zero-order valence-corrected chi connectivity index (χ0v) is 15.5. The molecular formula is C19H27N5O. The van der Waals surface area contributed by atoms with Crippen molar-refractivity contribution in [3.63, 3.8) is 0 Å². The van der Waals surface area contributed by atoms with Gasteiger partial charge in [0, 0.05) is 18.5 Å².